The number of rotatable bonds is 19. The highest BCUT2D eigenvalue weighted by Crippen LogP contribution is 3.07. The number of nitrogens with one attached hydrogen (secondary N) is 4. The Balaban J connectivity index is 0.505. The number of allylic oxidation sites excluding steroid dienone is 4. The van der Waals surface area contributed by atoms with Crippen LogP contribution in [0, 0.1) is 81.3 Å². The molecule has 1 unspecified atom stereocenters. The van der Waals surface area contributed by atoms with E-state index in [2.05, 4.69) is 52.2 Å². The van der Waals surface area contributed by atoms with Crippen molar-refractivity contribution in [1.29, 1.82) is 0 Å². The van der Waals surface area contributed by atoms with E-state index in [4.69, 9.17) is 14.2 Å². The molecule has 0 aromatic heterocycles. The van der Waals surface area contributed by atoms with E-state index in [0.29, 0.717) is 70.9 Å². The van der Waals surface area contributed by atoms with Gasteiger partial charge in [0.1, 0.15) is 19.3 Å². The highest BCUT2D eigenvalue weighted by molar-refractivity contribution is 6.01. The zero-order valence-corrected chi connectivity index (χ0v) is 49.9. The van der Waals surface area contributed by atoms with Gasteiger partial charge in [-0.1, -0.05) is 104 Å². The number of carbonyl (C=O) groups is 8. The summed E-state index contributed by atoms with van der Waals surface area (Å²) in [4.78, 5) is 106. The van der Waals surface area contributed by atoms with Crippen LogP contribution in [0.1, 0.15) is 105 Å². The number of amides is 5. The number of hydrogen-bond acceptors (Lipinski definition) is 13. The zero-order chi connectivity index (χ0) is 62.4. The minimum absolute atomic E-state index is 0.00599. The molecular formula is C71H71N5O14. The molecule has 12 aliphatic rings. The smallest absolute Gasteiger partial charge is 0.407 e. The van der Waals surface area contributed by atoms with Crippen LogP contribution in [0.2, 0.25) is 0 Å². The lowest BCUT2D eigenvalue weighted by atomic mass is 8.94. The molecule has 4 aromatic carbocycles. The van der Waals surface area contributed by atoms with Gasteiger partial charge in [-0.25, -0.2) is 4.79 Å². The third-order valence-corrected chi connectivity index (χ3v) is 23.8. The van der Waals surface area contributed by atoms with Gasteiger partial charge in [0.15, 0.2) is 23.5 Å². The second kappa shape index (κ2) is 21.2. The van der Waals surface area contributed by atoms with Crippen molar-refractivity contribution >= 4 is 58.6 Å². The molecule has 4 aromatic rings. The van der Waals surface area contributed by atoms with Gasteiger partial charge in [0, 0.05) is 58.4 Å². The number of hydrogen-bond donors (Lipinski definition) is 7. The summed E-state index contributed by atoms with van der Waals surface area (Å²) < 4.78 is 19.3. The second-order valence-corrected chi connectivity index (χ2v) is 27.6. The number of aliphatic hydroxyl groups is 2. The molecule has 90 heavy (non-hydrogen) atoms. The fourth-order valence-corrected chi connectivity index (χ4v) is 20.2. The second-order valence-electron chi connectivity index (χ2n) is 27.6. The zero-order valence-electron chi connectivity index (χ0n) is 49.9. The SMILES string of the molecule is C[C@]12C=CC(=O)C=C1CC[C@@H]1[C@@H]2[C@@H](O)C[C@@]2(C)[C@H]1C[C@H]1OC(c3ccc(CC45C6C7C4C4C5C6C74NC(=O)OCc4ccc(NC(=O)[C@H](CCC(=O)O)NC(=O)CNC(=O)CCC(=O)N5Cc6ccccc6C#Cc6ccccc65)cc4)cc3)O[C@]12C(=O)CO. The Bertz CT molecular complexity index is 3830. The molecule has 10 aliphatic carbocycles. The number of benzene rings is 4. The number of ether oxygens (including phenoxy) is 3. The third kappa shape index (κ3) is 8.39. The molecule has 5 amide bonds. The van der Waals surface area contributed by atoms with E-state index >= 15 is 0 Å². The van der Waals surface area contributed by atoms with Crippen LogP contribution in [-0.2, 0) is 67.3 Å². The minimum Gasteiger partial charge on any atom is -0.481 e. The number of ketones is 2. The van der Waals surface area contributed by atoms with Crippen molar-refractivity contribution < 1.29 is 67.9 Å². The number of carboxylic acid groups (broad SMARTS) is 1. The molecule has 9 saturated carbocycles. The van der Waals surface area contributed by atoms with E-state index in [1.54, 1.807) is 47.4 Å². The lowest BCUT2D eigenvalue weighted by Crippen LogP contribution is -3.15. The van der Waals surface area contributed by atoms with Crippen LogP contribution in [0.15, 0.2) is 121 Å². The largest absolute Gasteiger partial charge is 0.481 e. The normalized spacial score (nSPS) is 35.7. The van der Waals surface area contributed by atoms with Gasteiger partial charge in [0.05, 0.1) is 36.5 Å². The van der Waals surface area contributed by atoms with E-state index in [9.17, 15) is 53.7 Å². The van der Waals surface area contributed by atoms with Crippen molar-refractivity contribution in [1.82, 2.24) is 16.0 Å². The molecule has 0 radical (unpaired) electrons. The lowest BCUT2D eigenvalue weighted by Gasteiger charge is -3.11. The molecule has 464 valence electrons. The number of aliphatic hydroxyl groups excluding tert-OH is 2. The molecule has 0 spiro atoms. The summed E-state index contributed by atoms with van der Waals surface area (Å²) in [5, 5.41) is 43.0. The highest BCUT2D eigenvalue weighted by atomic mass is 16.7. The Morgan fingerprint density at radius 2 is 1.51 bits per heavy atom. The minimum atomic E-state index is -1.42. The summed E-state index contributed by atoms with van der Waals surface area (Å²) in [6.07, 6.45) is 5.04. The van der Waals surface area contributed by atoms with Crippen molar-refractivity contribution in [2.45, 2.75) is 120 Å². The summed E-state index contributed by atoms with van der Waals surface area (Å²) in [5.41, 5.74) is 4.44. The molecule has 2 heterocycles. The van der Waals surface area contributed by atoms with E-state index in [-0.39, 0.29) is 72.8 Å². The molecule has 19 nitrogen and oxygen atoms in total. The van der Waals surface area contributed by atoms with Crippen LogP contribution < -0.4 is 26.2 Å². The molecule has 10 fully saturated rings. The summed E-state index contributed by atoms with van der Waals surface area (Å²) in [6, 6.07) is 28.5. The first-order valence-electron chi connectivity index (χ1n) is 31.6. The van der Waals surface area contributed by atoms with Crippen LogP contribution >= 0.6 is 0 Å². The molecule has 1 saturated heterocycles. The highest BCUT2D eigenvalue weighted by Gasteiger charge is 3.10. The first-order chi connectivity index (χ1) is 43.3. The fourth-order valence-electron chi connectivity index (χ4n) is 20.2. The number of carboxylic acids is 1. The van der Waals surface area contributed by atoms with Gasteiger partial charge < -0.3 is 55.7 Å². The first-order valence-corrected chi connectivity index (χ1v) is 31.6. The fraction of sp³-hybridized carbons (Fsp3) is 0.465. The van der Waals surface area contributed by atoms with Crippen LogP contribution in [0.3, 0.4) is 0 Å². The van der Waals surface area contributed by atoms with Crippen molar-refractivity contribution in [3.05, 3.63) is 154 Å². The quantitative estimate of drug-likeness (QED) is 0.0502. The maximum atomic E-state index is 14.1. The van der Waals surface area contributed by atoms with Gasteiger partial charge in [-0.05, 0) is 150 Å². The Kier molecular flexibility index (Phi) is 13.7. The monoisotopic (exact) mass is 1220 g/mol. The Labute approximate surface area is 519 Å². The van der Waals surface area contributed by atoms with E-state index in [1.165, 1.54) is 5.56 Å². The Hall–Kier alpha value is -8.28. The lowest BCUT2D eigenvalue weighted by molar-refractivity contribution is -0.624. The van der Waals surface area contributed by atoms with Gasteiger partial charge in [-0.15, -0.1) is 0 Å². The Morgan fingerprint density at radius 3 is 2.24 bits per heavy atom. The summed E-state index contributed by atoms with van der Waals surface area (Å²) in [5.74, 6) is 5.37. The van der Waals surface area contributed by atoms with Crippen molar-refractivity contribution in [2.75, 3.05) is 23.4 Å². The molecule has 10 atom stereocenters. The average molecular weight is 1220 g/mol. The summed E-state index contributed by atoms with van der Waals surface area (Å²) >= 11 is 0. The number of anilines is 2. The van der Waals surface area contributed by atoms with Gasteiger partial charge in [0.25, 0.3) is 0 Å². The Morgan fingerprint density at radius 1 is 0.811 bits per heavy atom. The van der Waals surface area contributed by atoms with Gasteiger partial charge in [-0.2, -0.15) is 0 Å². The van der Waals surface area contributed by atoms with Crippen LogP contribution in [0.4, 0.5) is 16.2 Å². The molecule has 16 rings (SSSR count). The summed E-state index contributed by atoms with van der Waals surface area (Å²) in [7, 11) is 0. The topological polar surface area (TPSA) is 276 Å². The third-order valence-electron chi connectivity index (χ3n) is 23.8. The number of fused-ring (bicyclic) bond motifs is 9. The van der Waals surface area contributed by atoms with Crippen LogP contribution in [-0.4, -0.2) is 105 Å². The number of nitrogens with zero attached hydrogens (tertiary/aromatic N) is 1. The van der Waals surface area contributed by atoms with E-state index < -0.39 is 96.1 Å². The molecular weight excluding hydrogens is 1150 g/mol. The van der Waals surface area contributed by atoms with Crippen LogP contribution in [0.5, 0.6) is 0 Å². The number of alkyl carbamates (subject to hydrolysis) is 1. The molecule has 0 bridgehead atoms. The number of para-hydroxylation sites is 1. The molecule has 19 heteroatoms. The standard InChI is InChI=1S/C71H71N5O14/c1-67-28-27-45(78)29-43(67)19-22-46-47-30-52-71(51(80)35-77,68(47,2)32-50(79)57(46)67)90-65(89-52)41-15-11-37(12-16-41)31-69-58-61-59(69)63-60(69)62(58)70(61,63)75-66(87)88-36-38-13-20-44(21-14-38)73-64(86)48(23-26-56(84)85)74-54(82)33-72-53(81)24-25-55(83)76-34-42-9-4-3-7-39(42)17-18-40-8-5-6-10-49(40)76/h3-16,20-21,27-29,46-48,50,52,57-63,65,77,79H,19,22-26,30-36H2,1-2H3,(H,72,81)(H,73,86)(H,74,82)(H,75,87)(H,84,85)/t46-,47-,48-,50-,52+,57+,58?,59?,60?,61?,62?,63?,65?,67-,68-,69?,70?,71+/m0/s1. The molecule has 7 N–H and O–H groups in total. The van der Waals surface area contributed by atoms with Crippen molar-refractivity contribution in [3.63, 3.8) is 0 Å². The van der Waals surface area contributed by atoms with Gasteiger partial charge >= 0.3 is 12.1 Å². The first kappa shape index (κ1) is 58.1. The number of aliphatic carboxylic acids is 1. The van der Waals surface area contributed by atoms with Gasteiger partial charge in [0.2, 0.25) is 23.6 Å². The maximum Gasteiger partial charge on any atom is 0.407 e. The van der Waals surface area contributed by atoms with Crippen LogP contribution in [0.25, 0.3) is 0 Å². The van der Waals surface area contributed by atoms with Crippen molar-refractivity contribution in [2.24, 2.45) is 69.5 Å². The van der Waals surface area contributed by atoms with Gasteiger partial charge in [-0.3, -0.25) is 33.6 Å². The number of Topliss-reactive ketones (excluding diaryl/α,β-unsaturated/α-hetero) is 1. The maximum absolute atomic E-state index is 14.1. The van der Waals surface area contributed by atoms with E-state index in [1.807, 2.05) is 67.6 Å². The van der Waals surface area contributed by atoms with E-state index in [0.717, 1.165) is 41.5 Å². The molecule has 2 aliphatic heterocycles. The van der Waals surface area contributed by atoms with Crippen molar-refractivity contribution in [3.8, 4) is 11.8 Å². The predicted molar refractivity (Wildman–Crippen MR) is 323 cm³/mol. The number of carbonyl (C=O) groups excluding carboxylic acids is 7. The average Bonchev–Trinajstić information content (AvgIpc) is 0.598. The summed E-state index contributed by atoms with van der Waals surface area (Å²) in [6.45, 7) is 3.21. The predicted octanol–water partition coefficient (Wildman–Crippen LogP) is 6.38.